The van der Waals surface area contributed by atoms with Crippen LogP contribution in [0.5, 0.6) is 11.5 Å². The van der Waals surface area contributed by atoms with E-state index in [2.05, 4.69) is 43.2 Å². The minimum atomic E-state index is 0.120. The van der Waals surface area contributed by atoms with Crippen LogP contribution in [0.3, 0.4) is 0 Å². The highest BCUT2D eigenvalue weighted by Crippen LogP contribution is 2.28. The third-order valence-corrected chi connectivity index (χ3v) is 3.08. The molecule has 0 radical (unpaired) electrons. The fourth-order valence-corrected chi connectivity index (χ4v) is 1.96. The second kappa shape index (κ2) is 6.06. The van der Waals surface area contributed by atoms with E-state index in [9.17, 15) is 0 Å². The van der Waals surface area contributed by atoms with Gasteiger partial charge in [0.1, 0.15) is 11.5 Å². The minimum Gasteiger partial charge on any atom is -0.457 e. The van der Waals surface area contributed by atoms with Crippen LogP contribution in [0, 0.1) is 0 Å². The first-order valence-corrected chi connectivity index (χ1v) is 6.87. The molecule has 0 bridgehead atoms. The van der Waals surface area contributed by atoms with Crippen LogP contribution in [0.25, 0.3) is 0 Å². The maximum atomic E-state index is 5.93. The molecule has 106 valence electrons. The molecule has 0 atom stereocenters. The number of ether oxygens (including phenoxy) is 1. The first kappa shape index (κ1) is 14.5. The number of rotatable bonds is 4. The molecule has 1 heterocycles. The maximum Gasteiger partial charge on any atom is 0.130 e. The molecular formula is C17H22N2O. The predicted molar refractivity (Wildman–Crippen MR) is 82.2 cm³/mol. The summed E-state index contributed by atoms with van der Waals surface area (Å²) in [5, 5.41) is 3.09. The van der Waals surface area contributed by atoms with Crippen molar-refractivity contribution in [1.82, 2.24) is 10.3 Å². The molecule has 3 heteroatoms. The lowest BCUT2D eigenvalue weighted by Gasteiger charge is -2.19. The number of pyridine rings is 1. The molecule has 1 aromatic carbocycles. The first-order valence-electron chi connectivity index (χ1n) is 6.87. The summed E-state index contributed by atoms with van der Waals surface area (Å²) in [5.41, 5.74) is 2.35. The standard InChI is InChI=1S/C17H22N2O/c1-17(2,3)13-6-5-7-15(10-13)20-16-8-9-19-14(11-16)12-18-4/h5-11,18H,12H2,1-4H3. The Bertz CT molecular complexity index is 573. The topological polar surface area (TPSA) is 34.1 Å². The van der Waals surface area contributed by atoms with Gasteiger partial charge in [0.2, 0.25) is 0 Å². The number of nitrogens with one attached hydrogen (secondary N) is 1. The summed E-state index contributed by atoms with van der Waals surface area (Å²) in [5.74, 6) is 1.68. The zero-order valence-corrected chi connectivity index (χ0v) is 12.6. The largest absolute Gasteiger partial charge is 0.457 e. The Kier molecular flexibility index (Phi) is 4.40. The lowest BCUT2D eigenvalue weighted by atomic mass is 9.87. The van der Waals surface area contributed by atoms with Gasteiger partial charge in [0.15, 0.2) is 0 Å². The van der Waals surface area contributed by atoms with Crippen molar-refractivity contribution < 1.29 is 4.74 Å². The first-order chi connectivity index (χ1) is 9.49. The van der Waals surface area contributed by atoms with Crippen molar-refractivity contribution in [3.05, 3.63) is 53.9 Å². The highest BCUT2D eigenvalue weighted by atomic mass is 16.5. The van der Waals surface area contributed by atoms with Crippen LogP contribution in [-0.2, 0) is 12.0 Å². The Morgan fingerprint density at radius 3 is 2.55 bits per heavy atom. The van der Waals surface area contributed by atoms with E-state index in [0.717, 1.165) is 23.7 Å². The van der Waals surface area contributed by atoms with E-state index in [1.807, 2.05) is 31.3 Å². The lowest BCUT2D eigenvalue weighted by molar-refractivity contribution is 0.476. The molecule has 0 aliphatic rings. The van der Waals surface area contributed by atoms with E-state index in [0.29, 0.717) is 0 Å². The fourth-order valence-electron chi connectivity index (χ4n) is 1.96. The van der Waals surface area contributed by atoms with Gasteiger partial charge in [-0.2, -0.15) is 0 Å². The van der Waals surface area contributed by atoms with Crippen molar-refractivity contribution in [3.63, 3.8) is 0 Å². The summed E-state index contributed by atoms with van der Waals surface area (Å²) in [7, 11) is 1.90. The van der Waals surface area contributed by atoms with Gasteiger partial charge >= 0.3 is 0 Å². The van der Waals surface area contributed by atoms with Gasteiger partial charge in [0, 0.05) is 18.8 Å². The van der Waals surface area contributed by atoms with Crippen LogP contribution in [0.4, 0.5) is 0 Å². The van der Waals surface area contributed by atoms with Crippen LogP contribution >= 0.6 is 0 Å². The molecule has 20 heavy (non-hydrogen) atoms. The Labute approximate surface area is 121 Å². The smallest absolute Gasteiger partial charge is 0.130 e. The summed E-state index contributed by atoms with van der Waals surface area (Å²) in [6.45, 7) is 7.33. The molecule has 0 amide bonds. The summed E-state index contributed by atoms with van der Waals surface area (Å²) in [6.07, 6.45) is 1.77. The zero-order valence-electron chi connectivity index (χ0n) is 12.6. The average Bonchev–Trinajstić information content (AvgIpc) is 2.39. The number of hydrogen-bond acceptors (Lipinski definition) is 3. The van der Waals surface area contributed by atoms with Gasteiger partial charge in [-0.15, -0.1) is 0 Å². The molecule has 0 saturated carbocycles. The minimum absolute atomic E-state index is 0.120. The van der Waals surface area contributed by atoms with Gasteiger partial charge in [0.25, 0.3) is 0 Å². The van der Waals surface area contributed by atoms with Gasteiger partial charge in [-0.3, -0.25) is 4.98 Å². The van der Waals surface area contributed by atoms with Crippen molar-refractivity contribution in [1.29, 1.82) is 0 Å². The van der Waals surface area contributed by atoms with Crippen molar-refractivity contribution in [2.24, 2.45) is 0 Å². The van der Waals surface area contributed by atoms with E-state index < -0.39 is 0 Å². The van der Waals surface area contributed by atoms with Gasteiger partial charge in [0.05, 0.1) is 5.69 Å². The summed E-state index contributed by atoms with van der Waals surface area (Å²) >= 11 is 0. The molecular weight excluding hydrogens is 248 g/mol. The molecule has 0 aliphatic heterocycles. The van der Waals surface area contributed by atoms with E-state index in [4.69, 9.17) is 4.74 Å². The molecule has 0 saturated heterocycles. The normalized spacial score (nSPS) is 11.4. The zero-order chi connectivity index (χ0) is 14.6. The molecule has 0 unspecified atom stereocenters. The Morgan fingerprint density at radius 1 is 1.10 bits per heavy atom. The van der Waals surface area contributed by atoms with Gasteiger partial charge < -0.3 is 10.1 Å². The highest BCUT2D eigenvalue weighted by Gasteiger charge is 2.14. The summed E-state index contributed by atoms with van der Waals surface area (Å²) in [4.78, 5) is 4.29. The van der Waals surface area contributed by atoms with Crippen LogP contribution in [-0.4, -0.2) is 12.0 Å². The quantitative estimate of drug-likeness (QED) is 0.915. The second-order valence-electron chi connectivity index (χ2n) is 5.89. The molecule has 0 fully saturated rings. The predicted octanol–water partition coefficient (Wildman–Crippen LogP) is 3.89. The number of aromatic nitrogens is 1. The Balaban J connectivity index is 2.19. The van der Waals surface area contributed by atoms with Crippen molar-refractivity contribution in [2.45, 2.75) is 32.7 Å². The lowest BCUT2D eigenvalue weighted by Crippen LogP contribution is -2.10. The van der Waals surface area contributed by atoms with Gasteiger partial charge in [-0.1, -0.05) is 32.9 Å². The van der Waals surface area contributed by atoms with E-state index in [1.54, 1.807) is 6.20 Å². The number of benzene rings is 1. The molecule has 0 spiro atoms. The van der Waals surface area contributed by atoms with E-state index in [-0.39, 0.29) is 5.41 Å². The monoisotopic (exact) mass is 270 g/mol. The van der Waals surface area contributed by atoms with Crippen LogP contribution < -0.4 is 10.1 Å². The Morgan fingerprint density at radius 2 is 1.85 bits per heavy atom. The third-order valence-electron chi connectivity index (χ3n) is 3.08. The molecule has 0 aliphatic carbocycles. The third kappa shape index (κ3) is 3.81. The number of hydrogen-bond donors (Lipinski definition) is 1. The molecule has 3 nitrogen and oxygen atoms in total. The summed E-state index contributed by atoms with van der Waals surface area (Å²) in [6, 6.07) is 12.1. The fraction of sp³-hybridized carbons (Fsp3) is 0.353. The molecule has 1 aromatic heterocycles. The second-order valence-corrected chi connectivity index (χ2v) is 5.89. The van der Waals surface area contributed by atoms with E-state index in [1.165, 1.54) is 5.56 Å². The van der Waals surface area contributed by atoms with Crippen molar-refractivity contribution >= 4 is 0 Å². The summed E-state index contributed by atoms with van der Waals surface area (Å²) < 4.78 is 5.93. The van der Waals surface area contributed by atoms with Crippen molar-refractivity contribution in [3.8, 4) is 11.5 Å². The maximum absolute atomic E-state index is 5.93. The van der Waals surface area contributed by atoms with Crippen molar-refractivity contribution in [2.75, 3.05) is 7.05 Å². The Hall–Kier alpha value is -1.87. The van der Waals surface area contributed by atoms with Crippen LogP contribution in [0.2, 0.25) is 0 Å². The number of nitrogens with zero attached hydrogens (tertiary/aromatic N) is 1. The highest BCUT2D eigenvalue weighted by molar-refractivity contribution is 5.36. The average molecular weight is 270 g/mol. The molecule has 1 N–H and O–H groups in total. The van der Waals surface area contributed by atoms with Gasteiger partial charge in [-0.25, -0.2) is 0 Å². The van der Waals surface area contributed by atoms with Gasteiger partial charge in [-0.05, 0) is 36.2 Å². The van der Waals surface area contributed by atoms with E-state index >= 15 is 0 Å². The molecule has 2 aromatic rings. The van der Waals surface area contributed by atoms with Crippen LogP contribution in [0.15, 0.2) is 42.6 Å². The molecule has 2 rings (SSSR count). The SMILES string of the molecule is CNCc1cc(Oc2cccc(C(C)(C)C)c2)ccn1. The van der Waals surface area contributed by atoms with Crippen LogP contribution in [0.1, 0.15) is 32.0 Å².